The summed E-state index contributed by atoms with van der Waals surface area (Å²) in [6.45, 7) is 6.21. The van der Waals surface area contributed by atoms with Crippen LogP contribution in [0.15, 0.2) is 24.3 Å². The molecule has 2 N–H and O–H groups in total. The Morgan fingerprint density at radius 3 is 2.85 bits per heavy atom. The largest absolute Gasteiger partial charge is 0.377 e. The fourth-order valence-electron chi connectivity index (χ4n) is 2.87. The van der Waals surface area contributed by atoms with Crippen LogP contribution in [0.5, 0.6) is 0 Å². The van der Waals surface area contributed by atoms with E-state index in [1.54, 1.807) is 6.07 Å². The molecule has 0 aromatic heterocycles. The first-order chi connectivity index (χ1) is 12.4. The third-order valence-electron chi connectivity index (χ3n) is 4.07. The Kier molecular flexibility index (Phi) is 8.00. The van der Waals surface area contributed by atoms with Gasteiger partial charge in [-0.15, -0.1) is 0 Å². The van der Waals surface area contributed by atoms with E-state index in [-0.39, 0.29) is 24.4 Å². The fourth-order valence-corrected chi connectivity index (χ4v) is 2.87. The topological polar surface area (TPSA) is 70.7 Å². The lowest BCUT2D eigenvalue weighted by Gasteiger charge is -2.24. The molecule has 0 radical (unpaired) electrons. The Hall–Kier alpha value is -1.99. The van der Waals surface area contributed by atoms with Crippen molar-refractivity contribution >= 4 is 11.9 Å². The number of carbonyl (C=O) groups excluding carboxylic acids is 2. The molecule has 1 aliphatic heterocycles. The van der Waals surface area contributed by atoms with Crippen LogP contribution in [0.3, 0.4) is 0 Å². The first-order valence-electron chi connectivity index (χ1n) is 9.08. The summed E-state index contributed by atoms with van der Waals surface area (Å²) < 4.78 is 19.1. The number of amides is 3. The number of rotatable bonds is 8. The van der Waals surface area contributed by atoms with Crippen molar-refractivity contribution in [1.82, 2.24) is 15.5 Å². The maximum absolute atomic E-state index is 13.4. The number of halogens is 1. The van der Waals surface area contributed by atoms with E-state index in [0.717, 1.165) is 25.0 Å². The highest BCUT2D eigenvalue weighted by Crippen LogP contribution is 2.15. The molecule has 1 aliphatic rings. The second-order valence-corrected chi connectivity index (χ2v) is 7.09. The second kappa shape index (κ2) is 10.2. The first kappa shape index (κ1) is 20.3. The van der Waals surface area contributed by atoms with Crippen LogP contribution in [0.2, 0.25) is 0 Å². The predicted octanol–water partition coefficient (Wildman–Crippen LogP) is 2.29. The van der Waals surface area contributed by atoms with Gasteiger partial charge in [-0.2, -0.15) is 0 Å². The Labute approximate surface area is 154 Å². The molecule has 1 heterocycles. The molecule has 0 aliphatic carbocycles. The summed E-state index contributed by atoms with van der Waals surface area (Å²) in [5.41, 5.74) is 0.778. The van der Waals surface area contributed by atoms with Crippen molar-refractivity contribution in [3.8, 4) is 0 Å². The molecular weight excluding hydrogens is 337 g/mol. The van der Waals surface area contributed by atoms with Crippen molar-refractivity contribution in [1.29, 1.82) is 0 Å². The molecule has 1 aromatic carbocycles. The highest BCUT2D eigenvalue weighted by molar-refractivity contribution is 5.95. The number of nitrogens with zero attached hydrogens (tertiary/aromatic N) is 1. The average molecular weight is 365 g/mol. The van der Waals surface area contributed by atoms with Gasteiger partial charge in [0.15, 0.2) is 0 Å². The molecule has 1 aromatic rings. The number of nitrogens with one attached hydrogen (secondary N) is 2. The summed E-state index contributed by atoms with van der Waals surface area (Å²) in [5.74, 6) is -0.391. The Bertz CT molecular complexity index is 603. The zero-order chi connectivity index (χ0) is 18.9. The SMILES string of the molecule is CC(C)CNC(=O)NC(=O)CN(Cc1cccc(F)c1)CC1CCCO1. The number of hydrogen-bond acceptors (Lipinski definition) is 4. The Morgan fingerprint density at radius 2 is 2.19 bits per heavy atom. The standard InChI is InChI=1S/C19H28FN3O3/c1-14(2)10-21-19(25)22-18(24)13-23(12-17-7-4-8-26-17)11-15-5-3-6-16(20)9-15/h3,5-6,9,14,17H,4,7-8,10-13H2,1-2H3,(H2,21,22,24,25). The van der Waals surface area contributed by atoms with Gasteiger partial charge in [0.1, 0.15) is 5.82 Å². The van der Waals surface area contributed by atoms with Crippen molar-refractivity contribution in [2.24, 2.45) is 5.92 Å². The quantitative estimate of drug-likeness (QED) is 0.742. The van der Waals surface area contributed by atoms with Crippen molar-refractivity contribution < 1.29 is 18.7 Å². The molecule has 6 nitrogen and oxygen atoms in total. The Balaban J connectivity index is 1.91. The van der Waals surface area contributed by atoms with Crippen LogP contribution >= 0.6 is 0 Å². The van der Waals surface area contributed by atoms with Gasteiger partial charge in [0.05, 0.1) is 12.6 Å². The molecule has 0 saturated carbocycles. The lowest BCUT2D eigenvalue weighted by atomic mass is 10.1. The lowest BCUT2D eigenvalue weighted by Crippen LogP contribution is -2.46. The Morgan fingerprint density at radius 1 is 1.38 bits per heavy atom. The van der Waals surface area contributed by atoms with Gasteiger partial charge >= 0.3 is 6.03 Å². The normalized spacial score (nSPS) is 16.9. The van der Waals surface area contributed by atoms with Gasteiger partial charge in [-0.05, 0) is 36.5 Å². The molecule has 7 heteroatoms. The number of imide groups is 1. The van der Waals surface area contributed by atoms with Gasteiger partial charge in [-0.25, -0.2) is 9.18 Å². The third-order valence-corrected chi connectivity index (χ3v) is 4.07. The molecule has 0 spiro atoms. The highest BCUT2D eigenvalue weighted by Gasteiger charge is 2.22. The summed E-state index contributed by atoms with van der Waals surface area (Å²) in [7, 11) is 0. The minimum absolute atomic E-state index is 0.0471. The van der Waals surface area contributed by atoms with Gasteiger partial charge in [-0.1, -0.05) is 26.0 Å². The van der Waals surface area contributed by atoms with Crippen LogP contribution in [0.4, 0.5) is 9.18 Å². The monoisotopic (exact) mass is 365 g/mol. The van der Waals surface area contributed by atoms with Gasteiger partial charge < -0.3 is 10.1 Å². The van der Waals surface area contributed by atoms with Gasteiger partial charge in [0.2, 0.25) is 5.91 Å². The van der Waals surface area contributed by atoms with Crippen LogP contribution in [0, 0.1) is 11.7 Å². The van der Waals surface area contributed by atoms with Crippen LogP contribution in [0.1, 0.15) is 32.3 Å². The maximum atomic E-state index is 13.4. The van der Waals surface area contributed by atoms with E-state index in [1.807, 2.05) is 24.8 Å². The number of ether oxygens (including phenoxy) is 1. The molecule has 2 rings (SSSR count). The molecule has 0 bridgehead atoms. The number of carbonyl (C=O) groups is 2. The van der Waals surface area contributed by atoms with Crippen molar-refractivity contribution in [2.75, 3.05) is 26.2 Å². The van der Waals surface area contributed by atoms with E-state index in [0.29, 0.717) is 25.6 Å². The average Bonchev–Trinajstić information content (AvgIpc) is 3.05. The van der Waals surface area contributed by atoms with E-state index in [9.17, 15) is 14.0 Å². The molecule has 144 valence electrons. The first-order valence-corrected chi connectivity index (χ1v) is 9.08. The molecule has 1 atom stereocenters. The minimum atomic E-state index is -0.494. The van der Waals surface area contributed by atoms with Crippen LogP contribution in [-0.4, -0.2) is 49.2 Å². The van der Waals surface area contributed by atoms with Crippen molar-refractivity contribution in [3.63, 3.8) is 0 Å². The highest BCUT2D eigenvalue weighted by atomic mass is 19.1. The van der Waals surface area contributed by atoms with Crippen molar-refractivity contribution in [3.05, 3.63) is 35.6 Å². The van der Waals surface area contributed by atoms with Crippen LogP contribution < -0.4 is 10.6 Å². The molecule has 26 heavy (non-hydrogen) atoms. The second-order valence-electron chi connectivity index (χ2n) is 7.09. The summed E-state index contributed by atoms with van der Waals surface area (Å²) in [6.07, 6.45) is 2.00. The minimum Gasteiger partial charge on any atom is -0.377 e. The fraction of sp³-hybridized carbons (Fsp3) is 0.579. The molecule has 1 unspecified atom stereocenters. The van der Waals surface area contributed by atoms with Crippen molar-refractivity contribution in [2.45, 2.75) is 39.3 Å². The summed E-state index contributed by atoms with van der Waals surface area (Å²) >= 11 is 0. The van der Waals surface area contributed by atoms with Gasteiger partial charge in [0, 0.05) is 26.2 Å². The van der Waals surface area contributed by atoms with E-state index < -0.39 is 6.03 Å². The zero-order valence-electron chi connectivity index (χ0n) is 15.5. The third kappa shape index (κ3) is 7.49. The van der Waals surface area contributed by atoms with Crippen LogP contribution in [0.25, 0.3) is 0 Å². The summed E-state index contributed by atoms with van der Waals surface area (Å²) in [5, 5.41) is 5.00. The number of benzene rings is 1. The molecular formula is C19H28FN3O3. The zero-order valence-corrected chi connectivity index (χ0v) is 15.5. The molecule has 3 amide bonds. The summed E-state index contributed by atoms with van der Waals surface area (Å²) in [4.78, 5) is 25.8. The summed E-state index contributed by atoms with van der Waals surface area (Å²) in [6, 6.07) is 5.81. The van der Waals surface area contributed by atoms with E-state index in [4.69, 9.17) is 4.74 Å². The van der Waals surface area contributed by atoms with Gasteiger partial charge in [-0.3, -0.25) is 15.0 Å². The maximum Gasteiger partial charge on any atom is 0.321 e. The smallest absolute Gasteiger partial charge is 0.321 e. The number of hydrogen-bond donors (Lipinski definition) is 2. The molecule has 1 fully saturated rings. The van der Waals surface area contributed by atoms with Gasteiger partial charge in [0.25, 0.3) is 0 Å². The van der Waals surface area contributed by atoms with E-state index in [2.05, 4.69) is 10.6 Å². The number of urea groups is 1. The molecule has 1 saturated heterocycles. The van der Waals surface area contributed by atoms with E-state index in [1.165, 1.54) is 12.1 Å². The lowest BCUT2D eigenvalue weighted by molar-refractivity contribution is -0.121. The van der Waals surface area contributed by atoms with E-state index >= 15 is 0 Å². The van der Waals surface area contributed by atoms with Crippen LogP contribution in [-0.2, 0) is 16.1 Å². The predicted molar refractivity (Wildman–Crippen MR) is 97.0 cm³/mol.